The third-order valence-corrected chi connectivity index (χ3v) is 4.52. The summed E-state index contributed by atoms with van der Waals surface area (Å²) in [5.74, 6) is 1.27. The molecule has 1 saturated carbocycles. The van der Waals surface area contributed by atoms with Gasteiger partial charge in [0, 0.05) is 0 Å². The summed E-state index contributed by atoms with van der Waals surface area (Å²) in [5.41, 5.74) is 5.22. The summed E-state index contributed by atoms with van der Waals surface area (Å²) in [7, 11) is 0. The summed E-state index contributed by atoms with van der Waals surface area (Å²) in [6.45, 7) is 11.6. The normalized spacial score (nSPS) is 26.1. The van der Waals surface area contributed by atoms with Crippen LogP contribution >= 0.6 is 0 Å². The van der Waals surface area contributed by atoms with E-state index in [1.165, 1.54) is 25.7 Å². The molecule has 0 radical (unpaired) electrons. The van der Waals surface area contributed by atoms with Crippen LogP contribution in [0.25, 0.3) is 0 Å². The maximum absolute atomic E-state index is 11.2. The molecular formula is C15H30N2O. The van der Waals surface area contributed by atoms with E-state index in [1.54, 1.807) is 0 Å². The third-order valence-electron chi connectivity index (χ3n) is 4.52. The summed E-state index contributed by atoms with van der Waals surface area (Å²) < 4.78 is 0. The van der Waals surface area contributed by atoms with Gasteiger partial charge in [-0.1, -0.05) is 20.8 Å². The number of nitrogens with two attached hydrogens (primary N) is 1. The molecule has 1 aliphatic rings. The number of amides is 1. The summed E-state index contributed by atoms with van der Waals surface area (Å²) in [6, 6.07) is 0. The van der Waals surface area contributed by atoms with E-state index in [4.69, 9.17) is 5.73 Å². The molecule has 106 valence electrons. The Labute approximate surface area is 112 Å². The number of hydrogen-bond donors (Lipinski definition) is 2. The molecule has 0 spiro atoms. The van der Waals surface area contributed by atoms with Crippen molar-refractivity contribution in [2.24, 2.45) is 23.0 Å². The maximum atomic E-state index is 11.2. The number of nitrogens with one attached hydrogen (secondary N) is 1. The van der Waals surface area contributed by atoms with Gasteiger partial charge in [0.25, 0.3) is 0 Å². The first-order valence-electron chi connectivity index (χ1n) is 7.18. The zero-order chi connectivity index (χ0) is 14.0. The lowest BCUT2D eigenvalue weighted by Gasteiger charge is -2.37. The molecule has 18 heavy (non-hydrogen) atoms. The fraction of sp³-hybridized carbons (Fsp3) is 0.933. The first-order chi connectivity index (χ1) is 8.13. The topological polar surface area (TPSA) is 55.1 Å². The molecule has 0 aromatic carbocycles. The first kappa shape index (κ1) is 15.5. The highest BCUT2D eigenvalue weighted by molar-refractivity contribution is 5.83. The van der Waals surface area contributed by atoms with Gasteiger partial charge in [-0.15, -0.1) is 0 Å². The molecule has 0 saturated heterocycles. The van der Waals surface area contributed by atoms with Crippen molar-refractivity contribution in [1.82, 2.24) is 5.32 Å². The van der Waals surface area contributed by atoms with Crippen LogP contribution in [0, 0.1) is 17.3 Å². The molecule has 3 N–H and O–H groups in total. The Balaban J connectivity index is 2.35. The summed E-state index contributed by atoms with van der Waals surface area (Å²) in [4.78, 5) is 11.2. The zero-order valence-corrected chi connectivity index (χ0v) is 12.7. The highest BCUT2D eigenvalue weighted by Gasteiger charge is 2.31. The van der Waals surface area contributed by atoms with Crippen molar-refractivity contribution < 1.29 is 4.79 Å². The molecule has 0 atom stereocenters. The van der Waals surface area contributed by atoms with E-state index >= 15 is 0 Å². The summed E-state index contributed by atoms with van der Waals surface area (Å²) in [5, 5.41) is 3.31. The Hall–Kier alpha value is -0.570. The van der Waals surface area contributed by atoms with Gasteiger partial charge >= 0.3 is 0 Å². The SMILES string of the molecule is CC(C)(NCC1CCC(C(C)(C)C)CC1)C(N)=O. The van der Waals surface area contributed by atoms with Crippen LogP contribution in [0.3, 0.4) is 0 Å². The monoisotopic (exact) mass is 254 g/mol. The largest absolute Gasteiger partial charge is 0.368 e. The second-order valence-electron chi connectivity index (χ2n) is 7.45. The predicted octanol–water partition coefficient (Wildman–Crippen LogP) is 2.69. The van der Waals surface area contributed by atoms with Crippen LogP contribution in [0.1, 0.15) is 60.3 Å². The molecular weight excluding hydrogens is 224 g/mol. The Morgan fingerprint density at radius 2 is 1.61 bits per heavy atom. The van der Waals surface area contributed by atoms with Crippen LogP contribution in [0.15, 0.2) is 0 Å². The van der Waals surface area contributed by atoms with Crippen LogP contribution in [0.4, 0.5) is 0 Å². The van der Waals surface area contributed by atoms with Gasteiger partial charge in [0.15, 0.2) is 0 Å². The Bertz CT molecular complexity index is 283. The Morgan fingerprint density at radius 1 is 1.11 bits per heavy atom. The molecule has 0 unspecified atom stereocenters. The van der Waals surface area contributed by atoms with E-state index < -0.39 is 5.54 Å². The van der Waals surface area contributed by atoms with Gasteiger partial charge in [-0.25, -0.2) is 0 Å². The summed E-state index contributed by atoms with van der Waals surface area (Å²) in [6.07, 6.45) is 5.16. The van der Waals surface area contributed by atoms with Gasteiger partial charge in [-0.3, -0.25) is 4.79 Å². The van der Waals surface area contributed by atoms with Crippen molar-refractivity contribution in [3.8, 4) is 0 Å². The lowest BCUT2D eigenvalue weighted by atomic mass is 9.70. The number of carbonyl (C=O) groups is 1. The average molecular weight is 254 g/mol. The molecule has 3 heteroatoms. The highest BCUT2D eigenvalue weighted by Crippen LogP contribution is 2.39. The molecule has 0 bridgehead atoms. The molecule has 0 aromatic rings. The predicted molar refractivity (Wildman–Crippen MR) is 76.2 cm³/mol. The molecule has 3 nitrogen and oxygen atoms in total. The van der Waals surface area contributed by atoms with Crippen LogP contribution < -0.4 is 11.1 Å². The Kier molecular flexibility index (Phi) is 4.82. The Morgan fingerprint density at radius 3 is 2.00 bits per heavy atom. The van der Waals surface area contributed by atoms with E-state index in [9.17, 15) is 4.79 Å². The van der Waals surface area contributed by atoms with E-state index in [2.05, 4.69) is 26.1 Å². The second-order valence-corrected chi connectivity index (χ2v) is 7.45. The molecule has 0 aromatic heterocycles. The lowest BCUT2D eigenvalue weighted by molar-refractivity contribution is -0.123. The zero-order valence-electron chi connectivity index (χ0n) is 12.7. The average Bonchev–Trinajstić information content (AvgIpc) is 2.25. The standard InChI is InChI=1S/C15H30N2O/c1-14(2,3)12-8-6-11(7-9-12)10-17-15(4,5)13(16)18/h11-12,17H,6-10H2,1-5H3,(H2,16,18). The van der Waals surface area contributed by atoms with Crippen LogP contribution in [0.5, 0.6) is 0 Å². The molecule has 1 amide bonds. The minimum Gasteiger partial charge on any atom is -0.368 e. The number of carbonyl (C=O) groups excluding carboxylic acids is 1. The van der Waals surface area contributed by atoms with E-state index in [0.717, 1.165) is 12.5 Å². The van der Waals surface area contributed by atoms with Gasteiger partial charge in [0.1, 0.15) is 0 Å². The minimum atomic E-state index is -0.582. The molecule has 0 heterocycles. The van der Waals surface area contributed by atoms with Crippen molar-refractivity contribution in [3.05, 3.63) is 0 Å². The van der Waals surface area contributed by atoms with Gasteiger partial charge in [-0.2, -0.15) is 0 Å². The van der Waals surface area contributed by atoms with Crippen molar-refractivity contribution in [2.45, 2.75) is 65.8 Å². The third kappa shape index (κ3) is 4.27. The van der Waals surface area contributed by atoms with Gasteiger partial charge in [-0.05, 0) is 63.3 Å². The van der Waals surface area contributed by atoms with E-state index in [1.807, 2.05) is 13.8 Å². The van der Waals surface area contributed by atoms with Gasteiger partial charge in [0.2, 0.25) is 5.91 Å². The first-order valence-corrected chi connectivity index (χ1v) is 7.18. The van der Waals surface area contributed by atoms with Crippen LogP contribution in [0.2, 0.25) is 0 Å². The van der Waals surface area contributed by atoms with Gasteiger partial charge < -0.3 is 11.1 Å². The fourth-order valence-electron chi connectivity index (χ4n) is 2.72. The fourth-order valence-corrected chi connectivity index (χ4v) is 2.72. The van der Waals surface area contributed by atoms with Crippen molar-refractivity contribution in [2.75, 3.05) is 6.54 Å². The number of hydrogen-bond acceptors (Lipinski definition) is 2. The van der Waals surface area contributed by atoms with Gasteiger partial charge in [0.05, 0.1) is 5.54 Å². The quantitative estimate of drug-likeness (QED) is 0.810. The molecule has 1 aliphatic carbocycles. The smallest absolute Gasteiger partial charge is 0.237 e. The van der Waals surface area contributed by atoms with Crippen molar-refractivity contribution in [1.29, 1.82) is 0 Å². The summed E-state index contributed by atoms with van der Waals surface area (Å²) >= 11 is 0. The van der Waals surface area contributed by atoms with Crippen LogP contribution in [-0.4, -0.2) is 18.0 Å². The molecule has 1 rings (SSSR count). The molecule has 1 fully saturated rings. The van der Waals surface area contributed by atoms with Crippen molar-refractivity contribution >= 4 is 5.91 Å². The second kappa shape index (κ2) is 5.60. The maximum Gasteiger partial charge on any atom is 0.237 e. The molecule has 0 aliphatic heterocycles. The number of rotatable bonds is 4. The highest BCUT2D eigenvalue weighted by atomic mass is 16.1. The van der Waals surface area contributed by atoms with E-state index in [-0.39, 0.29) is 5.91 Å². The van der Waals surface area contributed by atoms with E-state index in [0.29, 0.717) is 11.3 Å². The lowest BCUT2D eigenvalue weighted by Crippen LogP contribution is -2.52. The minimum absolute atomic E-state index is 0.272. The van der Waals surface area contributed by atoms with Crippen molar-refractivity contribution in [3.63, 3.8) is 0 Å². The van der Waals surface area contributed by atoms with Crippen LogP contribution in [-0.2, 0) is 4.79 Å². The number of primary amides is 1.